The van der Waals surface area contributed by atoms with Gasteiger partial charge in [0.15, 0.2) is 17.2 Å². The molecule has 3 rings (SSSR count). The van der Waals surface area contributed by atoms with Gasteiger partial charge in [0.05, 0.1) is 24.5 Å². The van der Waals surface area contributed by atoms with Crippen LogP contribution in [0, 0.1) is 0 Å². The third-order valence-electron chi connectivity index (χ3n) is 3.17. The van der Waals surface area contributed by atoms with Crippen LogP contribution in [0.1, 0.15) is 6.42 Å². The topological polar surface area (TPSA) is 104 Å². The molecule has 1 aromatic carbocycles. The average molecular weight is 368 g/mol. The van der Waals surface area contributed by atoms with E-state index in [0.29, 0.717) is 11.5 Å². The number of carbonyl (C=O) groups excluding carboxylic acids is 1. The summed E-state index contributed by atoms with van der Waals surface area (Å²) in [5, 5.41) is 2.51. The van der Waals surface area contributed by atoms with Gasteiger partial charge < -0.3 is 19.0 Å². The molecule has 25 heavy (non-hydrogen) atoms. The number of halogens is 1. The van der Waals surface area contributed by atoms with Gasteiger partial charge in [0.1, 0.15) is 12.7 Å². The lowest BCUT2D eigenvalue weighted by molar-refractivity contribution is -0.118. The first-order chi connectivity index (χ1) is 11.9. The van der Waals surface area contributed by atoms with Crippen LogP contribution >= 0.6 is 0 Å². The number of benzene rings is 1. The van der Waals surface area contributed by atoms with Crippen molar-refractivity contribution in [1.82, 2.24) is 4.98 Å². The smallest absolute Gasteiger partial charge is 0.486 e. The number of pyridine rings is 1. The summed E-state index contributed by atoms with van der Waals surface area (Å²) < 4.78 is 48.7. The van der Waals surface area contributed by atoms with Crippen LogP contribution in [0.3, 0.4) is 0 Å². The fraction of sp³-hybridized carbons (Fsp3) is 0.200. The van der Waals surface area contributed by atoms with Gasteiger partial charge >= 0.3 is 10.5 Å². The van der Waals surface area contributed by atoms with Crippen LogP contribution < -0.4 is 19.0 Å². The van der Waals surface area contributed by atoms with E-state index in [4.69, 9.17) is 9.47 Å². The highest BCUT2D eigenvalue weighted by atomic mass is 32.3. The lowest BCUT2D eigenvalue weighted by Gasteiger charge is -2.26. The van der Waals surface area contributed by atoms with Crippen LogP contribution in [-0.2, 0) is 15.3 Å². The second kappa shape index (κ2) is 6.93. The van der Waals surface area contributed by atoms with Gasteiger partial charge in [-0.15, -0.1) is 0 Å². The molecule has 2 aromatic rings. The van der Waals surface area contributed by atoms with Gasteiger partial charge in [-0.3, -0.25) is 9.78 Å². The number of hydrogen-bond donors (Lipinski definition) is 1. The number of nitrogens with zero attached hydrogens (tertiary/aromatic N) is 1. The van der Waals surface area contributed by atoms with E-state index in [1.165, 1.54) is 6.20 Å². The van der Waals surface area contributed by atoms with Gasteiger partial charge in [0, 0.05) is 6.07 Å². The van der Waals surface area contributed by atoms with Gasteiger partial charge in [0.25, 0.3) is 0 Å². The summed E-state index contributed by atoms with van der Waals surface area (Å²) in [5.74, 6) is 0.402. The largest absolute Gasteiger partial charge is 0.488 e. The van der Waals surface area contributed by atoms with Crippen LogP contribution in [-0.4, -0.2) is 32.0 Å². The molecule has 1 unspecified atom stereocenters. The third-order valence-corrected chi connectivity index (χ3v) is 3.56. The highest BCUT2D eigenvalue weighted by molar-refractivity contribution is 7.81. The van der Waals surface area contributed by atoms with E-state index in [0.717, 1.165) is 12.3 Å². The van der Waals surface area contributed by atoms with E-state index in [-0.39, 0.29) is 24.5 Å². The second-order valence-corrected chi connectivity index (χ2v) is 6.09. The summed E-state index contributed by atoms with van der Waals surface area (Å²) >= 11 is 0. The van der Waals surface area contributed by atoms with Crippen molar-refractivity contribution in [2.75, 3.05) is 11.9 Å². The summed E-state index contributed by atoms with van der Waals surface area (Å²) in [5.41, 5.74) is 0.156. The van der Waals surface area contributed by atoms with Crippen molar-refractivity contribution in [2.45, 2.75) is 12.5 Å². The van der Waals surface area contributed by atoms with Crippen molar-refractivity contribution in [3.05, 3.63) is 42.7 Å². The first-order valence-corrected chi connectivity index (χ1v) is 8.47. The minimum atomic E-state index is -5.16. The fourth-order valence-corrected chi connectivity index (χ4v) is 2.55. The zero-order chi connectivity index (χ0) is 17.9. The molecule has 0 aliphatic carbocycles. The number of carbonyl (C=O) groups is 1. The normalized spacial score (nSPS) is 16.1. The molecule has 10 heteroatoms. The maximum absolute atomic E-state index is 12.5. The van der Waals surface area contributed by atoms with Crippen LogP contribution in [0.2, 0.25) is 0 Å². The molecular weight excluding hydrogens is 355 g/mol. The van der Waals surface area contributed by atoms with Crippen molar-refractivity contribution in [3.8, 4) is 17.2 Å². The van der Waals surface area contributed by atoms with Crippen molar-refractivity contribution < 1.29 is 30.8 Å². The lowest BCUT2D eigenvalue weighted by Crippen LogP contribution is -2.33. The van der Waals surface area contributed by atoms with E-state index in [1.54, 1.807) is 18.2 Å². The van der Waals surface area contributed by atoms with Crippen LogP contribution in [0.25, 0.3) is 0 Å². The molecule has 0 saturated carbocycles. The van der Waals surface area contributed by atoms with E-state index in [9.17, 15) is 17.1 Å². The monoisotopic (exact) mass is 368 g/mol. The zero-order valence-electron chi connectivity index (χ0n) is 12.7. The third kappa shape index (κ3) is 4.80. The molecule has 132 valence electrons. The Balaban J connectivity index is 1.59. The molecule has 0 spiro atoms. The van der Waals surface area contributed by atoms with Gasteiger partial charge in [-0.05, 0) is 12.1 Å². The number of anilines is 1. The second-order valence-electron chi connectivity index (χ2n) is 5.14. The van der Waals surface area contributed by atoms with Crippen molar-refractivity contribution >= 4 is 22.1 Å². The summed E-state index contributed by atoms with van der Waals surface area (Å²) in [6, 6.07) is 8.24. The van der Waals surface area contributed by atoms with E-state index < -0.39 is 22.5 Å². The van der Waals surface area contributed by atoms with Crippen molar-refractivity contribution in [1.29, 1.82) is 0 Å². The predicted molar refractivity (Wildman–Crippen MR) is 84.5 cm³/mol. The molecule has 1 amide bonds. The zero-order valence-corrected chi connectivity index (χ0v) is 13.5. The Labute approximate surface area is 143 Å². The maximum Gasteiger partial charge on any atom is 0.488 e. The summed E-state index contributed by atoms with van der Waals surface area (Å²) in [6.45, 7) is 0.214. The van der Waals surface area contributed by atoms with E-state index in [1.807, 2.05) is 6.07 Å². The van der Waals surface area contributed by atoms with Crippen molar-refractivity contribution in [2.24, 2.45) is 0 Å². The molecule has 1 N–H and O–H groups in total. The van der Waals surface area contributed by atoms with Crippen LogP contribution in [0.5, 0.6) is 17.2 Å². The lowest BCUT2D eigenvalue weighted by atomic mass is 10.2. The maximum atomic E-state index is 12.5. The minimum absolute atomic E-state index is 0.000822. The molecule has 0 bridgehead atoms. The molecule has 1 aliphatic heterocycles. The van der Waals surface area contributed by atoms with Crippen LogP contribution in [0.15, 0.2) is 42.7 Å². The highest BCUT2D eigenvalue weighted by Gasteiger charge is 2.23. The first kappa shape index (κ1) is 17.0. The molecule has 1 atom stereocenters. The fourth-order valence-electron chi connectivity index (χ4n) is 2.23. The van der Waals surface area contributed by atoms with Gasteiger partial charge in [-0.1, -0.05) is 16.0 Å². The Hall–Kier alpha value is -2.88. The molecule has 8 nitrogen and oxygen atoms in total. The Morgan fingerprint density at radius 2 is 2.08 bits per heavy atom. The quantitative estimate of drug-likeness (QED) is 0.803. The molecule has 0 saturated heterocycles. The minimum Gasteiger partial charge on any atom is -0.486 e. The molecule has 0 radical (unpaired) electrons. The summed E-state index contributed by atoms with van der Waals surface area (Å²) in [6.07, 6.45) is 1.79. The Morgan fingerprint density at radius 1 is 1.32 bits per heavy atom. The molecule has 1 aliphatic rings. The molecule has 1 aromatic heterocycles. The summed E-state index contributed by atoms with van der Waals surface area (Å²) in [4.78, 5) is 15.8. The Kier molecular flexibility index (Phi) is 4.70. The summed E-state index contributed by atoms with van der Waals surface area (Å²) in [7, 11) is -5.16. The number of fused-ring (bicyclic) bond motifs is 1. The molecular formula is C15H13FN2O6S. The average Bonchev–Trinajstić information content (AvgIpc) is 2.53. The number of para-hydroxylation sites is 2. The van der Waals surface area contributed by atoms with Gasteiger partial charge in [-0.2, -0.15) is 8.42 Å². The van der Waals surface area contributed by atoms with Crippen LogP contribution in [0.4, 0.5) is 9.57 Å². The van der Waals surface area contributed by atoms with E-state index >= 15 is 0 Å². The van der Waals surface area contributed by atoms with Crippen molar-refractivity contribution in [3.63, 3.8) is 0 Å². The number of rotatable bonds is 5. The highest BCUT2D eigenvalue weighted by Crippen LogP contribution is 2.31. The SMILES string of the molecule is O=C(CC1COc2ccccc2O1)Nc1cncc(OS(=O)(=O)F)c1. The van der Waals surface area contributed by atoms with Gasteiger partial charge in [-0.25, -0.2) is 0 Å². The molecule has 0 fully saturated rings. The van der Waals surface area contributed by atoms with Gasteiger partial charge in [0.2, 0.25) is 5.91 Å². The number of amides is 1. The number of nitrogens with one attached hydrogen (secondary N) is 1. The molecule has 2 heterocycles. The Bertz CT molecular complexity index is 889. The predicted octanol–water partition coefficient (Wildman–Crippen LogP) is 1.84. The Morgan fingerprint density at radius 3 is 2.84 bits per heavy atom. The number of aromatic nitrogens is 1. The number of ether oxygens (including phenoxy) is 2. The first-order valence-electron chi connectivity index (χ1n) is 7.16. The standard InChI is InChI=1S/C15H13FN2O6S/c16-25(20,21)24-11-5-10(7-17-8-11)18-15(19)6-12-9-22-13-3-1-2-4-14(13)23-12/h1-5,7-8,12H,6,9H2,(H,18,19). The van der Waals surface area contributed by atoms with E-state index in [2.05, 4.69) is 14.5 Å². The number of hydrogen-bond acceptors (Lipinski definition) is 7.